The lowest BCUT2D eigenvalue weighted by atomic mass is 9.99. The second-order valence-corrected chi connectivity index (χ2v) is 7.52. The maximum atomic E-state index is 14.0. The van der Waals surface area contributed by atoms with Crippen molar-refractivity contribution in [3.05, 3.63) is 81.7 Å². The molecule has 1 aromatic heterocycles. The van der Waals surface area contributed by atoms with Gasteiger partial charge in [-0.05, 0) is 52.4 Å². The number of anilines is 1. The molecular weight excluding hydrogens is 470 g/mol. The molecule has 4 nitrogen and oxygen atoms in total. The van der Waals surface area contributed by atoms with Crippen LogP contribution in [0.4, 0.5) is 10.1 Å². The summed E-state index contributed by atoms with van der Waals surface area (Å²) in [5.41, 5.74) is 9.18. The second-order valence-electron chi connectivity index (χ2n) is 6.27. The molecule has 0 aliphatic carbocycles. The van der Waals surface area contributed by atoms with Gasteiger partial charge in [0.05, 0.1) is 22.5 Å². The Bertz CT molecular complexity index is 1220. The maximum absolute atomic E-state index is 14.0. The quantitative estimate of drug-likeness (QED) is 0.372. The zero-order chi connectivity index (χ0) is 19.8. The van der Waals surface area contributed by atoms with Gasteiger partial charge < -0.3 is 10.8 Å². The Kier molecular flexibility index (Phi) is 4.72. The predicted molar refractivity (Wildman–Crippen MR) is 117 cm³/mol. The molecule has 28 heavy (non-hydrogen) atoms. The number of nitrogens with zero attached hydrogens (tertiary/aromatic N) is 1. The minimum Gasteiger partial charge on any atom is -0.478 e. The summed E-state index contributed by atoms with van der Waals surface area (Å²) in [6, 6.07) is 19.0. The van der Waals surface area contributed by atoms with Crippen LogP contribution in [0.1, 0.15) is 10.4 Å². The fourth-order valence-electron chi connectivity index (χ4n) is 3.20. The van der Waals surface area contributed by atoms with Crippen LogP contribution in [0.5, 0.6) is 0 Å². The molecule has 0 bridgehead atoms. The first-order chi connectivity index (χ1) is 13.5. The fourth-order valence-corrected chi connectivity index (χ4v) is 3.69. The second kappa shape index (κ2) is 7.20. The van der Waals surface area contributed by atoms with E-state index in [-0.39, 0.29) is 17.1 Å². The molecular formula is C22H14FIN2O2. The highest BCUT2D eigenvalue weighted by Gasteiger charge is 2.19. The van der Waals surface area contributed by atoms with E-state index in [1.807, 2.05) is 6.07 Å². The van der Waals surface area contributed by atoms with Gasteiger partial charge in [-0.1, -0.05) is 42.5 Å². The lowest BCUT2D eigenvalue weighted by Gasteiger charge is -2.12. The molecule has 1 heterocycles. The van der Waals surface area contributed by atoms with Gasteiger partial charge in [-0.15, -0.1) is 0 Å². The van der Waals surface area contributed by atoms with Gasteiger partial charge >= 0.3 is 5.97 Å². The summed E-state index contributed by atoms with van der Waals surface area (Å²) >= 11 is 2.12. The third-order valence-corrected chi connectivity index (χ3v) is 5.21. The largest absolute Gasteiger partial charge is 0.478 e. The Morgan fingerprint density at radius 2 is 1.68 bits per heavy atom. The Hall–Kier alpha value is -3.00. The van der Waals surface area contributed by atoms with Gasteiger partial charge in [0.2, 0.25) is 0 Å². The van der Waals surface area contributed by atoms with E-state index in [0.717, 1.165) is 3.57 Å². The van der Waals surface area contributed by atoms with Crippen LogP contribution >= 0.6 is 22.6 Å². The zero-order valence-electron chi connectivity index (χ0n) is 14.5. The van der Waals surface area contributed by atoms with Crippen LogP contribution in [0.15, 0.2) is 66.7 Å². The van der Waals surface area contributed by atoms with Gasteiger partial charge in [-0.2, -0.15) is 0 Å². The predicted octanol–water partition coefficient (Wildman–Crippen LogP) is 5.59. The third kappa shape index (κ3) is 3.20. The molecule has 4 aromatic rings. The summed E-state index contributed by atoms with van der Waals surface area (Å²) in [6.07, 6.45) is 0. The number of aromatic nitrogens is 1. The number of fused-ring (bicyclic) bond motifs is 1. The van der Waals surface area contributed by atoms with E-state index in [1.54, 1.807) is 54.6 Å². The van der Waals surface area contributed by atoms with Gasteiger partial charge in [0, 0.05) is 20.1 Å². The van der Waals surface area contributed by atoms with Gasteiger partial charge in [0.25, 0.3) is 0 Å². The van der Waals surface area contributed by atoms with Crippen LogP contribution in [0.25, 0.3) is 33.3 Å². The Labute approximate surface area is 174 Å². The van der Waals surface area contributed by atoms with Crippen LogP contribution in [0.2, 0.25) is 0 Å². The number of pyridine rings is 1. The first kappa shape index (κ1) is 18.4. The summed E-state index contributed by atoms with van der Waals surface area (Å²) in [7, 11) is 0. The average molecular weight is 484 g/mol. The normalized spacial score (nSPS) is 10.9. The summed E-state index contributed by atoms with van der Waals surface area (Å²) in [4.78, 5) is 16.4. The van der Waals surface area contributed by atoms with Crippen molar-refractivity contribution in [1.82, 2.24) is 4.98 Å². The molecule has 0 fully saturated rings. The minimum absolute atomic E-state index is 0.0386. The molecule has 0 saturated carbocycles. The van der Waals surface area contributed by atoms with Crippen molar-refractivity contribution >= 4 is 45.2 Å². The molecule has 6 heteroatoms. The maximum Gasteiger partial charge on any atom is 0.338 e. The molecule has 0 aliphatic heterocycles. The third-order valence-electron chi connectivity index (χ3n) is 4.54. The molecule has 138 valence electrons. The number of nitrogen functional groups attached to an aromatic ring is 1. The van der Waals surface area contributed by atoms with Crippen LogP contribution < -0.4 is 5.73 Å². The number of halogens is 2. The number of carbonyl (C=O) groups is 1. The number of nitrogens with two attached hydrogens (primary N) is 1. The van der Waals surface area contributed by atoms with Crippen molar-refractivity contribution in [1.29, 1.82) is 0 Å². The lowest BCUT2D eigenvalue weighted by Crippen LogP contribution is -2.07. The zero-order valence-corrected chi connectivity index (χ0v) is 16.6. The Balaban J connectivity index is 1.88. The monoisotopic (exact) mass is 484 g/mol. The van der Waals surface area contributed by atoms with E-state index in [0.29, 0.717) is 33.3 Å². The molecule has 0 aliphatic rings. The number of carboxylic acids is 1. The summed E-state index contributed by atoms with van der Waals surface area (Å²) in [5, 5.41) is 10.2. The van der Waals surface area contributed by atoms with E-state index >= 15 is 0 Å². The molecule has 0 saturated heterocycles. The topological polar surface area (TPSA) is 76.2 Å². The van der Waals surface area contributed by atoms with Crippen molar-refractivity contribution in [2.75, 3.05) is 5.73 Å². The van der Waals surface area contributed by atoms with E-state index < -0.39 is 5.97 Å². The first-order valence-electron chi connectivity index (χ1n) is 8.43. The first-order valence-corrected chi connectivity index (χ1v) is 9.51. The molecule has 0 unspecified atom stereocenters. The number of hydrogen-bond donors (Lipinski definition) is 2. The van der Waals surface area contributed by atoms with E-state index in [2.05, 4.69) is 27.6 Å². The number of benzene rings is 3. The van der Waals surface area contributed by atoms with Crippen LogP contribution in [0, 0.1) is 9.39 Å². The lowest BCUT2D eigenvalue weighted by molar-refractivity contribution is 0.0700. The van der Waals surface area contributed by atoms with E-state index in [1.165, 1.54) is 6.07 Å². The van der Waals surface area contributed by atoms with Gasteiger partial charge in [-0.3, -0.25) is 0 Å². The van der Waals surface area contributed by atoms with E-state index in [4.69, 9.17) is 5.73 Å². The molecule has 0 atom stereocenters. The Morgan fingerprint density at radius 3 is 2.36 bits per heavy atom. The van der Waals surface area contributed by atoms with E-state index in [9.17, 15) is 14.3 Å². The summed E-state index contributed by atoms with van der Waals surface area (Å²) in [5.74, 6) is -1.41. The molecule has 3 N–H and O–H groups in total. The average Bonchev–Trinajstić information content (AvgIpc) is 2.68. The minimum atomic E-state index is -1.10. The molecule has 4 rings (SSSR count). The molecule has 0 radical (unpaired) electrons. The van der Waals surface area contributed by atoms with Gasteiger partial charge in [0.1, 0.15) is 5.82 Å². The van der Waals surface area contributed by atoms with Crippen molar-refractivity contribution in [3.63, 3.8) is 0 Å². The van der Waals surface area contributed by atoms with Crippen LogP contribution in [0.3, 0.4) is 0 Å². The highest BCUT2D eigenvalue weighted by Crippen LogP contribution is 2.34. The standard InChI is InChI=1S/C22H14FIN2O2/c23-17-4-2-1-3-15(17)12-5-7-13(8-6-12)21-20(25)19(22(27)28)16-11-14(24)9-10-18(16)26-21/h1-11H,25H2,(H,27,28). The molecule has 3 aromatic carbocycles. The van der Waals surface area contributed by atoms with Crippen molar-refractivity contribution in [2.24, 2.45) is 0 Å². The molecule has 0 spiro atoms. The highest BCUT2D eigenvalue weighted by atomic mass is 127. The Morgan fingerprint density at radius 1 is 1.00 bits per heavy atom. The van der Waals surface area contributed by atoms with Crippen LogP contribution in [-0.4, -0.2) is 16.1 Å². The number of rotatable bonds is 3. The van der Waals surface area contributed by atoms with Gasteiger partial charge in [-0.25, -0.2) is 14.2 Å². The SMILES string of the molecule is Nc1c(-c2ccc(-c3ccccc3F)cc2)nc2ccc(I)cc2c1C(=O)O. The van der Waals surface area contributed by atoms with Crippen molar-refractivity contribution in [3.8, 4) is 22.4 Å². The summed E-state index contributed by atoms with van der Waals surface area (Å²) < 4.78 is 14.9. The summed E-state index contributed by atoms with van der Waals surface area (Å²) in [6.45, 7) is 0. The molecule has 0 amide bonds. The number of aromatic carboxylic acids is 1. The number of hydrogen-bond acceptors (Lipinski definition) is 3. The van der Waals surface area contributed by atoms with Crippen molar-refractivity contribution < 1.29 is 14.3 Å². The van der Waals surface area contributed by atoms with Gasteiger partial charge in [0.15, 0.2) is 0 Å². The number of carboxylic acid groups (broad SMARTS) is 1. The van der Waals surface area contributed by atoms with Crippen LogP contribution in [-0.2, 0) is 0 Å². The highest BCUT2D eigenvalue weighted by molar-refractivity contribution is 14.1. The smallest absolute Gasteiger partial charge is 0.338 e. The fraction of sp³-hybridized carbons (Fsp3) is 0. The van der Waals surface area contributed by atoms with Crippen molar-refractivity contribution in [2.45, 2.75) is 0 Å².